The van der Waals surface area contributed by atoms with Crippen molar-refractivity contribution in [3.8, 4) is 0 Å². The molecule has 0 spiro atoms. The van der Waals surface area contributed by atoms with E-state index < -0.39 is 60.7 Å². The zero-order valence-corrected chi connectivity index (χ0v) is 18.3. The first-order valence-corrected chi connectivity index (χ1v) is 10.5. The lowest BCUT2D eigenvalue weighted by molar-refractivity contribution is -0.138. The van der Waals surface area contributed by atoms with E-state index in [-0.39, 0.29) is 12.8 Å². The maximum Gasteiger partial charge on any atom is 0.322 e. The second kappa shape index (κ2) is 14.5. The van der Waals surface area contributed by atoms with Gasteiger partial charge in [-0.25, -0.2) is 0 Å². The second-order valence-corrected chi connectivity index (χ2v) is 7.49. The summed E-state index contributed by atoms with van der Waals surface area (Å²) < 4.78 is 0. The Balaban J connectivity index is 2.97. The van der Waals surface area contributed by atoms with E-state index in [2.05, 4.69) is 16.0 Å². The number of amides is 4. The third-order valence-electron chi connectivity index (χ3n) is 4.67. The van der Waals surface area contributed by atoms with E-state index in [1.807, 2.05) is 0 Å². The van der Waals surface area contributed by atoms with E-state index >= 15 is 0 Å². The Morgan fingerprint density at radius 1 is 0.909 bits per heavy atom. The van der Waals surface area contributed by atoms with Gasteiger partial charge < -0.3 is 38.3 Å². The van der Waals surface area contributed by atoms with E-state index in [0.717, 1.165) is 5.56 Å². The number of aliphatic carboxylic acids is 1. The lowest BCUT2D eigenvalue weighted by Gasteiger charge is -2.24. The van der Waals surface area contributed by atoms with Crippen LogP contribution in [0.5, 0.6) is 0 Å². The summed E-state index contributed by atoms with van der Waals surface area (Å²) in [6.07, 6.45) is 1.03. The molecule has 4 amide bonds. The summed E-state index contributed by atoms with van der Waals surface area (Å²) in [7, 11) is 0. The monoisotopic (exact) mass is 464 g/mol. The summed E-state index contributed by atoms with van der Waals surface area (Å²) in [6.45, 7) is -0.226. The normalized spacial score (nSPS) is 13.3. The topological polar surface area (TPSA) is 220 Å². The van der Waals surface area contributed by atoms with Crippen LogP contribution in [0.2, 0.25) is 0 Å². The Kier molecular flexibility index (Phi) is 12.1. The quantitative estimate of drug-likeness (QED) is 0.140. The third-order valence-corrected chi connectivity index (χ3v) is 4.67. The molecule has 1 aromatic rings. The number of carbonyl (C=O) groups is 5. The third kappa shape index (κ3) is 11.1. The van der Waals surface area contributed by atoms with E-state index in [9.17, 15) is 24.0 Å². The number of hydrogen-bond donors (Lipinski definition) is 7. The van der Waals surface area contributed by atoms with Crippen LogP contribution < -0.4 is 33.2 Å². The fourth-order valence-corrected chi connectivity index (χ4v) is 2.97. The van der Waals surface area contributed by atoms with Gasteiger partial charge in [0.25, 0.3) is 0 Å². The van der Waals surface area contributed by atoms with Gasteiger partial charge in [0.2, 0.25) is 23.6 Å². The van der Waals surface area contributed by atoms with Gasteiger partial charge in [-0.1, -0.05) is 30.3 Å². The molecule has 0 fully saturated rings. The molecule has 0 radical (unpaired) electrons. The highest BCUT2D eigenvalue weighted by Crippen LogP contribution is 2.07. The van der Waals surface area contributed by atoms with Gasteiger partial charge >= 0.3 is 5.97 Å². The Bertz CT molecular complexity index is 819. The van der Waals surface area contributed by atoms with Gasteiger partial charge in [0.15, 0.2) is 0 Å². The van der Waals surface area contributed by atoms with E-state index in [4.69, 9.17) is 22.3 Å². The standard InChI is InChI=1S/C21H32N6O6/c22-9-5-4-8-15(26-19(31)14(23)11-17(24)28)21(33)27-16(20(32)25-12-18(29)30)10-13-6-2-1-3-7-13/h1-3,6-7,14-16H,4-5,8-12,22-23H2,(H2,24,28)(H,25,32)(H,26,31)(H,27,33)(H,29,30). The molecule has 12 heteroatoms. The lowest BCUT2D eigenvalue weighted by Crippen LogP contribution is -2.56. The first kappa shape index (κ1) is 27.5. The van der Waals surface area contributed by atoms with Crippen molar-refractivity contribution in [3.05, 3.63) is 35.9 Å². The molecule has 0 bridgehead atoms. The number of carboxylic acids is 1. The van der Waals surface area contributed by atoms with Gasteiger partial charge in [-0.2, -0.15) is 0 Å². The molecule has 0 aromatic heterocycles. The first-order valence-electron chi connectivity index (χ1n) is 10.5. The van der Waals surface area contributed by atoms with Crippen LogP contribution in [-0.4, -0.2) is 65.9 Å². The van der Waals surface area contributed by atoms with Crippen LogP contribution in [0.25, 0.3) is 0 Å². The van der Waals surface area contributed by atoms with Crippen LogP contribution in [0, 0.1) is 0 Å². The molecule has 182 valence electrons. The molecule has 0 aliphatic heterocycles. The van der Waals surface area contributed by atoms with E-state index in [1.54, 1.807) is 30.3 Å². The van der Waals surface area contributed by atoms with Crippen LogP contribution in [0.1, 0.15) is 31.2 Å². The van der Waals surface area contributed by atoms with Crippen LogP contribution in [0.15, 0.2) is 30.3 Å². The SMILES string of the molecule is NCCCCC(NC(=O)C(N)CC(N)=O)C(=O)NC(Cc1ccccc1)C(=O)NCC(=O)O. The number of benzene rings is 1. The van der Waals surface area contributed by atoms with Crippen LogP contribution >= 0.6 is 0 Å². The maximum absolute atomic E-state index is 13.0. The lowest BCUT2D eigenvalue weighted by atomic mass is 10.0. The van der Waals surface area contributed by atoms with E-state index in [0.29, 0.717) is 19.4 Å². The van der Waals surface area contributed by atoms with Gasteiger partial charge in [-0.15, -0.1) is 0 Å². The Hall–Kier alpha value is -3.51. The van der Waals surface area contributed by atoms with Gasteiger partial charge in [-0.05, 0) is 31.4 Å². The van der Waals surface area contributed by atoms with Crippen molar-refractivity contribution in [1.29, 1.82) is 0 Å². The predicted molar refractivity (Wildman–Crippen MR) is 119 cm³/mol. The number of hydrogen-bond acceptors (Lipinski definition) is 7. The summed E-state index contributed by atoms with van der Waals surface area (Å²) in [6, 6.07) is 5.46. The summed E-state index contributed by atoms with van der Waals surface area (Å²) in [5.41, 5.74) is 17.0. The fraction of sp³-hybridized carbons (Fsp3) is 0.476. The average molecular weight is 465 g/mol. The molecule has 10 N–H and O–H groups in total. The summed E-state index contributed by atoms with van der Waals surface area (Å²) in [5, 5.41) is 16.2. The fourth-order valence-electron chi connectivity index (χ4n) is 2.97. The minimum atomic E-state index is -1.23. The summed E-state index contributed by atoms with van der Waals surface area (Å²) in [5.74, 6) is -4.08. The summed E-state index contributed by atoms with van der Waals surface area (Å²) in [4.78, 5) is 59.7. The van der Waals surface area contributed by atoms with Gasteiger partial charge in [-0.3, -0.25) is 24.0 Å². The van der Waals surface area contributed by atoms with Crippen molar-refractivity contribution >= 4 is 29.6 Å². The Morgan fingerprint density at radius 2 is 1.55 bits per heavy atom. The number of carbonyl (C=O) groups excluding carboxylic acids is 4. The average Bonchev–Trinajstić information content (AvgIpc) is 2.76. The van der Waals surface area contributed by atoms with Gasteiger partial charge in [0, 0.05) is 6.42 Å². The highest BCUT2D eigenvalue weighted by Gasteiger charge is 2.28. The number of carboxylic acid groups (broad SMARTS) is 1. The Morgan fingerprint density at radius 3 is 2.12 bits per heavy atom. The molecule has 0 aliphatic carbocycles. The minimum absolute atomic E-state index is 0.0999. The molecular formula is C21H32N6O6. The number of nitrogens with two attached hydrogens (primary N) is 3. The number of unbranched alkanes of at least 4 members (excludes halogenated alkanes) is 1. The van der Waals surface area contributed by atoms with Crippen LogP contribution in [0.4, 0.5) is 0 Å². The molecule has 0 saturated carbocycles. The van der Waals surface area contributed by atoms with Crippen LogP contribution in [0.3, 0.4) is 0 Å². The van der Waals surface area contributed by atoms with Crippen molar-refractivity contribution < 1.29 is 29.1 Å². The van der Waals surface area contributed by atoms with Crippen LogP contribution in [-0.2, 0) is 30.4 Å². The molecule has 0 saturated heterocycles. The zero-order chi connectivity index (χ0) is 24.8. The predicted octanol–water partition coefficient (Wildman–Crippen LogP) is -2.27. The van der Waals surface area contributed by atoms with E-state index in [1.165, 1.54) is 0 Å². The second-order valence-electron chi connectivity index (χ2n) is 7.49. The van der Waals surface area contributed by atoms with Crippen molar-refractivity contribution in [2.24, 2.45) is 17.2 Å². The molecule has 1 rings (SSSR count). The largest absolute Gasteiger partial charge is 0.480 e. The molecule has 1 aromatic carbocycles. The molecule has 33 heavy (non-hydrogen) atoms. The van der Waals surface area contributed by atoms with Gasteiger partial charge in [0.1, 0.15) is 18.6 Å². The van der Waals surface area contributed by atoms with Crippen molar-refractivity contribution in [3.63, 3.8) is 0 Å². The smallest absolute Gasteiger partial charge is 0.322 e. The van der Waals surface area contributed by atoms with Crippen molar-refractivity contribution in [2.75, 3.05) is 13.1 Å². The highest BCUT2D eigenvalue weighted by atomic mass is 16.4. The molecule has 0 aliphatic rings. The zero-order valence-electron chi connectivity index (χ0n) is 18.3. The number of rotatable bonds is 15. The minimum Gasteiger partial charge on any atom is -0.480 e. The maximum atomic E-state index is 13.0. The summed E-state index contributed by atoms with van der Waals surface area (Å²) >= 11 is 0. The molecular weight excluding hydrogens is 432 g/mol. The van der Waals surface area contributed by atoms with Gasteiger partial charge in [0.05, 0.1) is 12.5 Å². The first-order chi connectivity index (χ1) is 15.6. The Labute approximate surface area is 191 Å². The number of primary amides is 1. The molecule has 0 heterocycles. The highest BCUT2D eigenvalue weighted by molar-refractivity contribution is 5.94. The van der Waals surface area contributed by atoms with Crippen molar-refractivity contribution in [1.82, 2.24) is 16.0 Å². The molecule has 12 nitrogen and oxygen atoms in total. The number of nitrogens with one attached hydrogen (secondary N) is 3. The van der Waals surface area contributed by atoms with Crippen molar-refractivity contribution in [2.45, 2.75) is 50.2 Å². The molecule has 3 unspecified atom stereocenters. The molecule has 3 atom stereocenters.